The Labute approximate surface area is 142 Å². The molecule has 1 aromatic carbocycles. The SMILES string of the molecule is CCNC(=O)[C@H](C)NC(=O)COC(=O)COc1cccc(Br)c1. The van der Waals surface area contributed by atoms with E-state index in [4.69, 9.17) is 9.47 Å². The molecule has 0 aliphatic rings. The van der Waals surface area contributed by atoms with Crippen LogP contribution in [0.15, 0.2) is 28.7 Å². The third-order valence-corrected chi connectivity index (χ3v) is 3.13. The van der Waals surface area contributed by atoms with E-state index in [1.54, 1.807) is 32.0 Å². The molecule has 0 unspecified atom stereocenters. The molecule has 0 aliphatic carbocycles. The number of likely N-dealkylation sites (N-methyl/N-ethyl adjacent to an activating group) is 1. The minimum absolute atomic E-state index is 0.301. The summed E-state index contributed by atoms with van der Waals surface area (Å²) in [5.41, 5.74) is 0. The smallest absolute Gasteiger partial charge is 0.344 e. The average molecular weight is 387 g/mol. The van der Waals surface area contributed by atoms with E-state index >= 15 is 0 Å². The Bertz CT molecular complexity index is 565. The van der Waals surface area contributed by atoms with Gasteiger partial charge in [0.25, 0.3) is 5.91 Å². The lowest BCUT2D eigenvalue weighted by atomic mass is 10.3. The Balaban J connectivity index is 2.27. The molecule has 1 rings (SSSR count). The van der Waals surface area contributed by atoms with Gasteiger partial charge in [0.15, 0.2) is 13.2 Å². The van der Waals surface area contributed by atoms with E-state index in [0.717, 1.165) is 4.47 Å². The summed E-state index contributed by atoms with van der Waals surface area (Å²) in [7, 11) is 0. The highest BCUT2D eigenvalue weighted by atomic mass is 79.9. The Morgan fingerprint density at radius 2 is 2.00 bits per heavy atom. The van der Waals surface area contributed by atoms with Crippen LogP contribution in [-0.2, 0) is 19.1 Å². The number of carbonyl (C=O) groups excluding carboxylic acids is 3. The zero-order valence-electron chi connectivity index (χ0n) is 12.9. The highest BCUT2D eigenvalue weighted by Gasteiger charge is 2.16. The van der Waals surface area contributed by atoms with Gasteiger partial charge in [-0.05, 0) is 32.0 Å². The van der Waals surface area contributed by atoms with Gasteiger partial charge in [0.05, 0.1) is 0 Å². The van der Waals surface area contributed by atoms with Crippen molar-refractivity contribution in [2.75, 3.05) is 19.8 Å². The van der Waals surface area contributed by atoms with Gasteiger partial charge in [-0.25, -0.2) is 4.79 Å². The van der Waals surface area contributed by atoms with Gasteiger partial charge in [0.2, 0.25) is 5.91 Å². The minimum atomic E-state index is -0.695. The molecule has 0 radical (unpaired) electrons. The van der Waals surface area contributed by atoms with Gasteiger partial charge in [0, 0.05) is 11.0 Å². The van der Waals surface area contributed by atoms with Gasteiger partial charge in [0.1, 0.15) is 11.8 Å². The van der Waals surface area contributed by atoms with Crippen LogP contribution in [0.3, 0.4) is 0 Å². The first-order valence-electron chi connectivity index (χ1n) is 7.03. The van der Waals surface area contributed by atoms with E-state index in [1.165, 1.54) is 0 Å². The van der Waals surface area contributed by atoms with Crippen LogP contribution in [-0.4, -0.2) is 43.6 Å². The number of carbonyl (C=O) groups is 3. The molecule has 0 aromatic heterocycles. The van der Waals surface area contributed by atoms with Gasteiger partial charge in [-0.2, -0.15) is 0 Å². The molecule has 2 amide bonds. The summed E-state index contributed by atoms with van der Waals surface area (Å²) < 4.78 is 10.8. The Morgan fingerprint density at radius 1 is 1.26 bits per heavy atom. The molecule has 7 nitrogen and oxygen atoms in total. The van der Waals surface area contributed by atoms with Gasteiger partial charge < -0.3 is 20.1 Å². The summed E-state index contributed by atoms with van der Waals surface area (Å²) in [5, 5.41) is 5.00. The van der Waals surface area contributed by atoms with Crippen LogP contribution in [0.25, 0.3) is 0 Å². The fourth-order valence-corrected chi connectivity index (χ4v) is 1.94. The van der Waals surface area contributed by atoms with Crippen LogP contribution in [0, 0.1) is 0 Å². The Hall–Kier alpha value is -2.09. The second kappa shape index (κ2) is 9.83. The molecule has 0 fully saturated rings. The fourth-order valence-electron chi connectivity index (χ4n) is 1.56. The van der Waals surface area contributed by atoms with E-state index in [-0.39, 0.29) is 12.5 Å². The largest absolute Gasteiger partial charge is 0.482 e. The van der Waals surface area contributed by atoms with Crippen LogP contribution in [0.1, 0.15) is 13.8 Å². The van der Waals surface area contributed by atoms with Gasteiger partial charge in [-0.3, -0.25) is 9.59 Å². The molecule has 1 aromatic rings. The number of halogens is 1. The number of hydrogen-bond acceptors (Lipinski definition) is 5. The van der Waals surface area contributed by atoms with Gasteiger partial charge in [-0.15, -0.1) is 0 Å². The lowest BCUT2D eigenvalue weighted by Crippen LogP contribution is -2.46. The van der Waals surface area contributed by atoms with Crippen LogP contribution in [0.4, 0.5) is 0 Å². The normalized spacial score (nSPS) is 11.3. The maximum Gasteiger partial charge on any atom is 0.344 e. The van der Waals surface area contributed by atoms with E-state index in [9.17, 15) is 14.4 Å². The number of nitrogens with one attached hydrogen (secondary N) is 2. The van der Waals surface area contributed by atoms with Crippen LogP contribution < -0.4 is 15.4 Å². The number of hydrogen-bond donors (Lipinski definition) is 2. The van der Waals surface area contributed by atoms with Crippen LogP contribution in [0.2, 0.25) is 0 Å². The molecule has 0 heterocycles. The molecule has 8 heteroatoms. The van der Waals surface area contributed by atoms with Crippen molar-refractivity contribution in [3.8, 4) is 5.75 Å². The lowest BCUT2D eigenvalue weighted by molar-refractivity contribution is -0.150. The molecule has 1 atom stereocenters. The van der Waals surface area contributed by atoms with Crippen molar-refractivity contribution in [3.63, 3.8) is 0 Å². The zero-order chi connectivity index (χ0) is 17.2. The van der Waals surface area contributed by atoms with Crippen molar-refractivity contribution in [2.24, 2.45) is 0 Å². The maximum atomic E-state index is 11.6. The van der Waals surface area contributed by atoms with Gasteiger partial charge >= 0.3 is 5.97 Å². The zero-order valence-corrected chi connectivity index (χ0v) is 14.5. The Kier molecular flexibility index (Phi) is 8.10. The van der Waals surface area contributed by atoms with Crippen molar-refractivity contribution in [2.45, 2.75) is 19.9 Å². The molecule has 126 valence electrons. The van der Waals surface area contributed by atoms with Crippen molar-refractivity contribution in [1.82, 2.24) is 10.6 Å². The topological polar surface area (TPSA) is 93.7 Å². The first kappa shape index (κ1) is 19.0. The number of benzene rings is 1. The van der Waals surface area contributed by atoms with Gasteiger partial charge in [-0.1, -0.05) is 22.0 Å². The standard InChI is InChI=1S/C15H19BrN2O5/c1-3-17-15(21)10(2)18-13(19)8-23-14(20)9-22-12-6-4-5-11(16)7-12/h4-7,10H,3,8-9H2,1-2H3,(H,17,21)(H,18,19)/t10-/m0/s1. The summed E-state index contributed by atoms with van der Waals surface area (Å²) in [4.78, 5) is 34.5. The molecule has 0 saturated carbocycles. The van der Waals surface area contributed by atoms with E-state index in [1.807, 2.05) is 6.07 Å². The minimum Gasteiger partial charge on any atom is -0.482 e. The maximum absolute atomic E-state index is 11.6. The monoisotopic (exact) mass is 386 g/mol. The second-order valence-electron chi connectivity index (χ2n) is 4.59. The van der Waals surface area contributed by atoms with Crippen LogP contribution >= 0.6 is 15.9 Å². The number of esters is 1. The molecular weight excluding hydrogens is 368 g/mol. The van der Waals surface area contributed by atoms with E-state index in [0.29, 0.717) is 12.3 Å². The lowest BCUT2D eigenvalue weighted by Gasteiger charge is -2.13. The summed E-state index contributed by atoms with van der Waals surface area (Å²) >= 11 is 3.28. The average Bonchev–Trinajstić information content (AvgIpc) is 2.51. The second-order valence-corrected chi connectivity index (χ2v) is 5.51. The molecule has 2 N–H and O–H groups in total. The third-order valence-electron chi connectivity index (χ3n) is 2.64. The molecule has 0 aliphatic heterocycles. The van der Waals surface area contributed by atoms with E-state index < -0.39 is 24.5 Å². The molecule has 0 saturated heterocycles. The first-order chi connectivity index (χ1) is 10.9. The predicted octanol–water partition coefficient (Wildman–Crippen LogP) is 1.01. The summed E-state index contributed by atoms with van der Waals surface area (Å²) in [6.45, 7) is 3.02. The summed E-state index contributed by atoms with van der Waals surface area (Å²) in [6, 6.07) is 6.29. The fraction of sp³-hybridized carbons (Fsp3) is 0.400. The highest BCUT2D eigenvalue weighted by Crippen LogP contribution is 2.17. The summed E-state index contributed by atoms with van der Waals surface area (Å²) in [5.74, 6) is -1.03. The van der Waals surface area contributed by atoms with Crippen molar-refractivity contribution in [3.05, 3.63) is 28.7 Å². The number of amides is 2. The predicted molar refractivity (Wildman–Crippen MR) is 86.9 cm³/mol. The first-order valence-corrected chi connectivity index (χ1v) is 7.82. The third kappa shape index (κ3) is 7.64. The number of ether oxygens (including phenoxy) is 2. The highest BCUT2D eigenvalue weighted by molar-refractivity contribution is 9.10. The quantitative estimate of drug-likeness (QED) is 0.650. The van der Waals surface area contributed by atoms with Crippen molar-refractivity contribution >= 4 is 33.7 Å². The molecular formula is C15H19BrN2O5. The number of rotatable bonds is 8. The van der Waals surface area contributed by atoms with Crippen LogP contribution in [0.5, 0.6) is 5.75 Å². The van der Waals surface area contributed by atoms with Crippen molar-refractivity contribution in [1.29, 1.82) is 0 Å². The Morgan fingerprint density at radius 3 is 2.65 bits per heavy atom. The molecule has 0 bridgehead atoms. The molecule has 23 heavy (non-hydrogen) atoms. The summed E-state index contributed by atoms with van der Waals surface area (Å²) in [6.07, 6.45) is 0. The van der Waals surface area contributed by atoms with Crippen molar-refractivity contribution < 1.29 is 23.9 Å². The molecule has 0 spiro atoms. The van der Waals surface area contributed by atoms with E-state index in [2.05, 4.69) is 26.6 Å².